The molecule has 2 aromatic heterocycles. The van der Waals surface area contributed by atoms with Crippen molar-refractivity contribution < 1.29 is 17.2 Å². The first-order valence-electron chi connectivity index (χ1n) is 6.75. The molecule has 8 heteroatoms. The van der Waals surface area contributed by atoms with Gasteiger partial charge < -0.3 is 4.42 Å². The molecule has 1 atom stereocenters. The third-order valence-electron chi connectivity index (χ3n) is 3.29. The summed E-state index contributed by atoms with van der Waals surface area (Å²) in [6.45, 7) is 0. The maximum Gasteiger partial charge on any atom is 0.274 e. The first-order valence-corrected chi connectivity index (χ1v) is 8.24. The molecule has 120 valence electrons. The van der Waals surface area contributed by atoms with Crippen LogP contribution in [-0.4, -0.2) is 18.2 Å². The third kappa shape index (κ3) is 3.33. The number of hydrogen-bond donors (Lipinski definition) is 1. The van der Waals surface area contributed by atoms with Gasteiger partial charge in [0.25, 0.3) is 10.0 Å². The lowest BCUT2D eigenvalue weighted by Gasteiger charge is -2.17. The number of furan rings is 1. The van der Waals surface area contributed by atoms with Gasteiger partial charge >= 0.3 is 0 Å². The van der Waals surface area contributed by atoms with Crippen molar-refractivity contribution in [1.82, 2.24) is 14.5 Å². The highest BCUT2D eigenvalue weighted by Crippen LogP contribution is 2.24. The van der Waals surface area contributed by atoms with Gasteiger partial charge in [0.15, 0.2) is 0 Å². The molecule has 6 nitrogen and oxygen atoms in total. The first-order chi connectivity index (χ1) is 11.0. The van der Waals surface area contributed by atoms with E-state index in [1.54, 1.807) is 24.1 Å². The van der Waals surface area contributed by atoms with Crippen molar-refractivity contribution in [3.8, 4) is 0 Å². The van der Waals surface area contributed by atoms with Gasteiger partial charge in [0.1, 0.15) is 5.82 Å². The van der Waals surface area contributed by atoms with Gasteiger partial charge in [-0.3, -0.25) is 4.68 Å². The lowest BCUT2D eigenvalue weighted by atomic mass is 10.0. The number of benzene rings is 1. The van der Waals surface area contributed by atoms with Crippen LogP contribution >= 0.6 is 0 Å². The fraction of sp³-hybridized carbons (Fsp3) is 0.133. The molecule has 1 N–H and O–H groups in total. The van der Waals surface area contributed by atoms with Crippen LogP contribution in [0.1, 0.15) is 17.2 Å². The first kappa shape index (κ1) is 15.4. The minimum atomic E-state index is -3.86. The van der Waals surface area contributed by atoms with Gasteiger partial charge in [-0.05, 0) is 29.8 Å². The Kier molecular flexibility index (Phi) is 4.01. The zero-order valence-electron chi connectivity index (χ0n) is 12.2. The average Bonchev–Trinajstić information content (AvgIpc) is 3.17. The predicted octanol–water partition coefficient (Wildman–Crippen LogP) is 2.22. The van der Waals surface area contributed by atoms with Crippen LogP contribution in [0.3, 0.4) is 0 Å². The van der Waals surface area contributed by atoms with Gasteiger partial charge in [-0.15, -0.1) is 0 Å². The molecule has 0 amide bonds. The van der Waals surface area contributed by atoms with Crippen LogP contribution < -0.4 is 4.72 Å². The van der Waals surface area contributed by atoms with Crippen molar-refractivity contribution in [1.29, 1.82) is 0 Å². The van der Waals surface area contributed by atoms with Crippen LogP contribution in [0, 0.1) is 5.82 Å². The standard InChI is InChI=1S/C15H14FN3O3S/c1-19-10-12(9-17-19)15(11-4-6-13(16)7-5-11)18-23(20,21)14-3-2-8-22-14/h2-10,15,18H,1H3/t15-/m0/s1. The Bertz CT molecular complexity index is 886. The van der Waals surface area contributed by atoms with E-state index in [1.807, 2.05) is 0 Å². The highest BCUT2D eigenvalue weighted by Gasteiger charge is 2.25. The van der Waals surface area contributed by atoms with Crippen molar-refractivity contribution >= 4 is 10.0 Å². The van der Waals surface area contributed by atoms with Gasteiger partial charge in [-0.2, -0.15) is 9.82 Å². The molecule has 0 aliphatic heterocycles. The smallest absolute Gasteiger partial charge is 0.274 e. The predicted molar refractivity (Wildman–Crippen MR) is 80.5 cm³/mol. The average molecular weight is 335 g/mol. The third-order valence-corrected chi connectivity index (χ3v) is 4.60. The molecule has 0 aliphatic rings. The molecular weight excluding hydrogens is 321 g/mol. The van der Waals surface area contributed by atoms with E-state index in [9.17, 15) is 12.8 Å². The summed E-state index contributed by atoms with van der Waals surface area (Å²) in [6.07, 6.45) is 4.53. The molecule has 2 heterocycles. The van der Waals surface area contributed by atoms with Gasteiger partial charge in [0, 0.05) is 18.8 Å². The zero-order valence-corrected chi connectivity index (χ0v) is 13.0. The summed E-state index contributed by atoms with van der Waals surface area (Å²) in [5.41, 5.74) is 1.23. The van der Waals surface area contributed by atoms with E-state index in [0.717, 1.165) is 0 Å². The van der Waals surface area contributed by atoms with Crippen molar-refractivity contribution in [2.24, 2.45) is 7.05 Å². The van der Waals surface area contributed by atoms with Crippen molar-refractivity contribution in [3.63, 3.8) is 0 Å². The van der Waals surface area contributed by atoms with E-state index < -0.39 is 21.9 Å². The Labute approximate surface area is 132 Å². The van der Waals surface area contributed by atoms with Crippen LogP contribution in [0.4, 0.5) is 4.39 Å². The number of halogens is 1. The molecule has 3 rings (SSSR count). The van der Waals surface area contributed by atoms with Gasteiger partial charge in [-0.1, -0.05) is 12.1 Å². The lowest BCUT2D eigenvalue weighted by Crippen LogP contribution is -2.29. The second-order valence-electron chi connectivity index (χ2n) is 4.99. The maximum atomic E-state index is 13.1. The summed E-state index contributed by atoms with van der Waals surface area (Å²) >= 11 is 0. The van der Waals surface area contributed by atoms with Crippen LogP contribution in [0.5, 0.6) is 0 Å². The fourth-order valence-electron chi connectivity index (χ4n) is 2.20. The minimum absolute atomic E-state index is 0.187. The van der Waals surface area contributed by atoms with Gasteiger partial charge in [0.05, 0.1) is 18.5 Å². The Morgan fingerprint density at radius 1 is 1.22 bits per heavy atom. The molecule has 0 saturated heterocycles. The SMILES string of the molecule is Cn1cc([C@@H](NS(=O)(=O)c2ccco2)c2ccc(F)cc2)cn1. The molecule has 0 aliphatic carbocycles. The molecule has 1 aromatic carbocycles. The quantitative estimate of drug-likeness (QED) is 0.775. The largest absolute Gasteiger partial charge is 0.452 e. The summed E-state index contributed by atoms with van der Waals surface area (Å²) in [6, 6.07) is 7.74. The van der Waals surface area contributed by atoms with Gasteiger partial charge in [-0.25, -0.2) is 12.8 Å². The Hall–Kier alpha value is -2.45. The summed E-state index contributed by atoms with van der Waals surface area (Å²) in [5.74, 6) is -0.396. The summed E-state index contributed by atoms with van der Waals surface area (Å²) in [4.78, 5) is 0. The van der Waals surface area contributed by atoms with Crippen molar-refractivity contribution in [3.05, 3.63) is 72.0 Å². The minimum Gasteiger partial charge on any atom is -0.452 e. The summed E-state index contributed by atoms with van der Waals surface area (Å²) < 4.78 is 47.1. The van der Waals surface area contributed by atoms with Crippen molar-refractivity contribution in [2.45, 2.75) is 11.1 Å². The molecule has 0 bridgehead atoms. The van der Waals surface area contributed by atoms with E-state index in [0.29, 0.717) is 11.1 Å². The Morgan fingerprint density at radius 2 is 1.96 bits per heavy atom. The number of nitrogens with zero attached hydrogens (tertiary/aromatic N) is 2. The molecule has 0 unspecified atom stereocenters. The monoisotopic (exact) mass is 335 g/mol. The van der Waals surface area contributed by atoms with E-state index >= 15 is 0 Å². The summed E-state index contributed by atoms with van der Waals surface area (Å²) in [5, 5.41) is 3.87. The Balaban J connectivity index is 2.00. The second kappa shape index (κ2) is 5.98. The van der Waals surface area contributed by atoms with Crippen LogP contribution in [0.15, 0.2) is 64.6 Å². The second-order valence-corrected chi connectivity index (χ2v) is 6.63. The van der Waals surface area contributed by atoms with Gasteiger partial charge in [0.2, 0.25) is 5.09 Å². The number of nitrogens with one attached hydrogen (secondary N) is 1. The molecule has 0 fully saturated rings. The van der Waals surface area contributed by atoms with Crippen molar-refractivity contribution in [2.75, 3.05) is 0 Å². The van der Waals surface area contributed by atoms with Crippen LogP contribution in [0.25, 0.3) is 0 Å². The molecule has 0 spiro atoms. The highest BCUT2D eigenvalue weighted by molar-refractivity contribution is 7.89. The molecule has 3 aromatic rings. The topological polar surface area (TPSA) is 77.1 Å². The zero-order chi connectivity index (χ0) is 16.4. The molecule has 23 heavy (non-hydrogen) atoms. The maximum absolute atomic E-state index is 13.1. The number of rotatable bonds is 5. The van der Waals surface area contributed by atoms with E-state index in [4.69, 9.17) is 4.42 Å². The molecule has 0 saturated carbocycles. The van der Waals surface area contributed by atoms with E-state index in [2.05, 4.69) is 9.82 Å². The number of sulfonamides is 1. The normalized spacial score (nSPS) is 13.1. The van der Waals surface area contributed by atoms with E-state index in [1.165, 1.54) is 42.7 Å². The highest BCUT2D eigenvalue weighted by atomic mass is 32.2. The summed E-state index contributed by atoms with van der Waals surface area (Å²) in [7, 11) is -2.13. The lowest BCUT2D eigenvalue weighted by molar-refractivity contribution is 0.443. The molecular formula is C15H14FN3O3S. The molecule has 0 radical (unpaired) electrons. The van der Waals surface area contributed by atoms with Crippen LogP contribution in [-0.2, 0) is 17.1 Å². The number of aromatic nitrogens is 2. The fourth-order valence-corrected chi connectivity index (χ4v) is 3.34. The Morgan fingerprint density at radius 3 is 2.52 bits per heavy atom. The van der Waals surface area contributed by atoms with Crippen LogP contribution in [0.2, 0.25) is 0 Å². The van der Waals surface area contributed by atoms with E-state index in [-0.39, 0.29) is 5.09 Å². The number of aryl methyl sites for hydroxylation is 1. The number of hydrogen-bond acceptors (Lipinski definition) is 4.